The minimum Gasteiger partial charge on any atom is -0.495 e. The van der Waals surface area contributed by atoms with Crippen molar-refractivity contribution in [3.05, 3.63) is 23.2 Å². The highest BCUT2D eigenvalue weighted by Crippen LogP contribution is 2.32. The lowest BCUT2D eigenvalue weighted by molar-refractivity contribution is -0.148. The monoisotopic (exact) mass is 298 g/mol. The zero-order valence-electron chi connectivity index (χ0n) is 10.9. The molecule has 1 fully saturated rings. The summed E-state index contributed by atoms with van der Waals surface area (Å²) < 4.78 is 5.10. The highest BCUT2D eigenvalue weighted by molar-refractivity contribution is 6.31. The van der Waals surface area contributed by atoms with Gasteiger partial charge in [-0.15, -0.1) is 0 Å². The Hall–Kier alpha value is -1.95. The molecule has 0 unspecified atom stereocenters. The molecule has 0 aromatic heterocycles. The molecule has 0 radical (unpaired) electrons. The second kappa shape index (κ2) is 5.58. The summed E-state index contributed by atoms with van der Waals surface area (Å²) in [5, 5.41) is 14.7. The fourth-order valence-corrected chi connectivity index (χ4v) is 2.24. The van der Waals surface area contributed by atoms with E-state index in [-0.39, 0.29) is 0 Å². The van der Waals surface area contributed by atoms with Crippen molar-refractivity contribution in [2.75, 3.05) is 12.4 Å². The lowest BCUT2D eigenvalue weighted by atomic mass is 9.77. The van der Waals surface area contributed by atoms with E-state index in [4.69, 9.17) is 21.4 Å². The number of halogens is 1. The van der Waals surface area contributed by atoms with Gasteiger partial charge in [-0.25, -0.2) is 9.59 Å². The standard InChI is InChI=1S/C13H15ClN2O4/c1-20-10-4-3-8(14)7-9(10)15-12(19)16-13(11(17)18)5-2-6-13/h3-4,7H,2,5-6H2,1H3,(H,17,18)(H2,15,16,19). The maximum Gasteiger partial charge on any atom is 0.329 e. The fourth-order valence-electron chi connectivity index (χ4n) is 2.07. The van der Waals surface area contributed by atoms with Crippen molar-refractivity contribution in [1.29, 1.82) is 0 Å². The average molecular weight is 299 g/mol. The third-order valence-corrected chi connectivity index (χ3v) is 3.61. The second-order valence-electron chi connectivity index (χ2n) is 4.66. The number of urea groups is 1. The van der Waals surface area contributed by atoms with Crippen molar-refractivity contribution >= 4 is 29.3 Å². The molecule has 1 aliphatic carbocycles. The maximum atomic E-state index is 11.9. The summed E-state index contributed by atoms with van der Waals surface area (Å²) >= 11 is 5.86. The fraction of sp³-hybridized carbons (Fsp3) is 0.385. The summed E-state index contributed by atoms with van der Waals surface area (Å²) in [4.78, 5) is 23.1. The number of rotatable bonds is 4. The van der Waals surface area contributed by atoms with Crippen molar-refractivity contribution in [2.24, 2.45) is 0 Å². The Morgan fingerprint density at radius 1 is 1.40 bits per heavy atom. The Balaban J connectivity index is 2.08. The molecule has 0 spiro atoms. The van der Waals surface area contributed by atoms with Crippen LogP contribution < -0.4 is 15.4 Å². The summed E-state index contributed by atoms with van der Waals surface area (Å²) in [6, 6.07) is 4.20. The van der Waals surface area contributed by atoms with Crippen LogP contribution in [0, 0.1) is 0 Å². The van der Waals surface area contributed by atoms with Gasteiger partial charge in [0.05, 0.1) is 12.8 Å². The van der Waals surface area contributed by atoms with Gasteiger partial charge in [0.2, 0.25) is 0 Å². The Bertz CT molecular complexity index is 543. The molecule has 0 atom stereocenters. The molecule has 1 aliphatic rings. The number of hydrogen-bond donors (Lipinski definition) is 3. The number of nitrogens with one attached hydrogen (secondary N) is 2. The van der Waals surface area contributed by atoms with E-state index < -0.39 is 17.5 Å². The van der Waals surface area contributed by atoms with E-state index in [1.54, 1.807) is 12.1 Å². The van der Waals surface area contributed by atoms with Crippen LogP contribution in [0.3, 0.4) is 0 Å². The van der Waals surface area contributed by atoms with Gasteiger partial charge in [-0.05, 0) is 37.5 Å². The van der Waals surface area contributed by atoms with Gasteiger partial charge < -0.3 is 20.5 Å². The van der Waals surface area contributed by atoms with Gasteiger partial charge in [0.15, 0.2) is 0 Å². The summed E-state index contributed by atoms with van der Waals surface area (Å²) in [6.45, 7) is 0. The van der Waals surface area contributed by atoms with Crippen LogP contribution in [-0.4, -0.2) is 29.8 Å². The predicted octanol–water partition coefficient (Wildman–Crippen LogP) is 2.48. The SMILES string of the molecule is COc1ccc(Cl)cc1NC(=O)NC1(C(=O)O)CCC1. The molecule has 6 nitrogen and oxygen atoms in total. The first-order chi connectivity index (χ1) is 9.47. The molecule has 0 heterocycles. The van der Waals surface area contributed by atoms with Gasteiger partial charge >= 0.3 is 12.0 Å². The van der Waals surface area contributed by atoms with E-state index in [0.717, 1.165) is 6.42 Å². The Labute approximate surface area is 121 Å². The number of carboxylic acid groups (broad SMARTS) is 1. The summed E-state index contributed by atoms with van der Waals surface area (Å²) in [5.74, 6) is -0.570. The van der Waals surface area contributed by atoms with E-state index >= 15 is 0 Å². The van der Waals surface area contributed by atoms with Crippen LogP contribution in [0.4, 0.5) is 10.5 Å². The number of benzene rings is 1. The van der Waals surface area contributed by atoms with Crippen LogP contribution >= 0.6 is 11.6 Å². The van der Waals surface area contributed by atoms with Gasteiger partial charge in [-0.3, -0.25) is 0 Å². The number of amides is 2. The molecule has 1 aromatic carbocycles. The molecule has 2 rings (SSSR count). The van der Waals surface area contributed by atoms with E-state index in [2.05, 4.69) is 10.6 Å². The highest BCUT2D eigenvalue weighted by atomic mass is 35.5. The van der Waals surface area contributed by atoms with Gasteiger partial charge in [0, 0.05) is 5.02 Å². The predicted molar refractivity (Wildman–Crippen MR) is 74.4 cm³/mol. The third kappa shape index (κ3) is 2.80. The number of carbonyl (C=O) groups excluding carboxylic acids is 1. The molecule has 0 aliphatic heterocycles. The highest BCUT2D eigenvalue weighted by Gasteiger charge is 2.45. The van der Waals surface area contributed by atoms with Gasteiger partial charge in [0.1, 0.15) is 11.3 Å². The molecule has 1 aromatic rings. The number of aliphatic carboxylic acids is 1. The van der Waals surface area contributed by atoms with Crippen LogP contribution in [0.2, 0.25) is 5.02 Å². The summed E-state index contributed by atoms with van der Waals surface area (Å²) in [7, 11) is 1.47. The topological polar surface area (TPSA) is 87.7 Å². The normalized spacial score (nSPS) is 15.9. The Morgan fingerprint density at radius 3 is 2.60 bits per heavy atom. The zero-order valence-corrected chi connectivity index (χ0v) is 11.7. The van der Waals surface area contributed by atoms with Crippen molar-refractivity contribution in [2.45, 2.75) is 24.8 Å². The molecule has 0 saturated heterocycles. The molecular weight excluding hydrogens is 284 g/mol. The number of ether oxygens (including phenoxy) is 1. The van der Waals surface area contributed by atoms with Gasteiger partial charge in [0.25, 0.3) is 0 Å². The van der Waals surface area contributed by atoms with Crippen molar-refractivity contribution in [3.63, 3.8) is 0 Å². The molecule has 0 bridgehead atoms. The van der Waals surface area contributed by atoms with E-state index in [0.29, 0.717) is 29.3 Å². The van der Waals surface area contributed by atoms with Gasteiger partial charge in [-0.1, -0.05) is 11.6 Å². The number of carboxylic acids is 1. The minimum atomic E-state index is -1.16. The number of methoxy groups -OCH3 is 1. The van der Waals surface area contributed by atoms with Crippen molar-refractivity contribution < 1.29 is 19.4 Å². The third-order valence-electron chi connectivity index (χ3n) is 3.38. The molecule has 2 amide bonds. The molecule has 3 N–H and O–H groups in total. The lowest BCUT2D eigenvalue weighted by Crippen LogP contribution is -2.60. The summed E-state index contributed by atoms with van der Waals surface area (Å²) in [6.07, 6.45) is 1.65. The van der Waals surface area contributed by atoms with Crippen LogP contribution in [0.5, 0.6) is 5.75 Å². The number of anilines is 1. The van der Waals surface area contributed by atoms with E-state index in [1.165, 1.54) is 13.2 Å². The molecular formula is C13H15ClN2O4. The van der Waals surface area contributed by atoms with Gasteiger partial charge in [-0.2, -0.15) is 0 Å². The number of carbonyl (C=O) groups is 2. The quantitative estimate of drug-likeness (QED) is 0.797. The molecule has 108 valence electrons. The average Bonchev–Trinajstić information content (AvgIpc) is 2.33. The Morgan fingerprint density at radius 2 is 2.10 bits per heavy atom. The second-order valence-corrected chi connectivity index (χ2v) is 5.10. The minimum absolute atomic E-state index is 0.386. The smallest absolute Gasteiger partial charge is 0.329 e. The first kappa shape index (κ1) is 14.5. The first-order valence-corrected chi connectivity index (χ1v) is 6.51. The first-order valence-electron chi connectivity index (χ1n) is 6.13. The van der Waals surface area contributed by atoms with Crippen molar-refractivity contribution in [3.8, 4) is 5.75 Å². The summed E-state index contributed by atoms with van der Waals surface area (Å²) in [5.41, 5.74) is -0.770. The number of hydrogen-bond acceptors (Lipinski definition) is 3. The molecule has 1 saturated carbocycles. The Kier molecular flexibility index (Phi) is 4.04. The largest absolute Gasteiger partial charge is 0.495 e. The zero-order chi connectivity index (χ0) is 14.8. The van der Waals surface area contributed by atoms with Crippen LogP contribution in [0.1, 0.15) is 19.3 Å². The van der Waals surface area contributed by atoms with Crippen LogP contribution in [-0.2, 0) is 4.79 Å². The maximum absolute atomic E-state index is 11.9. The molecule has 7 heteroatoms. The van der Waals surface area contributed by atoms with Crippen molar-refractivity contribution in [1.82, 2.24) is 5.32 Å². The van der Waals surface area contributed by atoms with Crippen LogP contribution in [0.25, 0.3) is 0 Å². The van der Waals surface area contributed by atoms with E-state index in [9.17, 15) is 9.59 Å². The lowest BCUT2D eigenvalue weighted by Gasteiger charge is -2.38. The van der Waals surface area contributed by atoms with E-state index in [1.807, 2.05) is 0 Å². The van der Waals surface area contributed by atoms with Crippen LogP contribution in [0.15, 0.2) is 18.2 Å². The molecule has 20 heavy (non-hydrogen) atoms.